The Hall–Kier alpha value is -4.26. The molecule has 2 atom stereocenters. The average molecular weight is 719 g/mol. The lowest BCUT2D eigenvalue weighted by atomic mass is 9.85. The first kappa shape index (κ1) is 37.0. The zero-order valence-electron chi connectivity index (χ0n) is 29.1. The van der Waals surface area contributed by atoms with Gasteiger partial charge in [0.25, 0.3) is 0 Å². The van der Waals surface area contributed by atoms with E-state index in [0.29, 0.717) is 53.4 Å². The smallest absolute Gasteiger partial charge is 0.320 e. The van der Waals surface area contributed by atoms with Gasteiger partial charge in [0.15, 0.2) is 0 Å². The fraction of sp³-hybridized carbons (Fsp3) is 0.405. The van der Waals surface area contributed by atoms with Crippen LogP contribution < -0.4 is 26.2 Å². The fourth-order valence-electron chi connectivity index (χ4n) is 6.04. The number of allylic oxidation sites excluding steroid dienone is 1. The highest BCUT2D eigenvalue weighted by molar-refractivity contribution is 7.93. The van der Waals surface area contributed by atoms with E-state index in [1.807, 2.05) is 68.3 Å². The number of nitrogens with one attached hydrogen (secondary N) is 6. The molecule has 50 heavy (non-hydrogen) atoms. The molecular weight excluding hydrogens is 672 g/mol. The van der Waals surface area contributed by atoms with Crippen LogP contribution in [0.1, 0.15) is 81.7 Å². The molecule has 1 aliphatic heterocycles. The SMILES string of the molecule is CSOCc1cc(Cl)cc(N/C(=C\C(=N)C(C)(C)C)NC(=O)NC2CC[C@@H](Oc3ccc(=N)n(C(=N)N4CCCCC4)c3)c3ccccc32)c1. The van der Waals surface area contributed by atoms with E-state index in [1.54, 1.807) is 35.0 Å². The van der Waals surface area contributed by atoms with Crippen molar-refractivity contribution in [1.82, 2.24) is 20.1 Å². The summed E-state index contributed by atoms with van der Waals surface area (Å²) >= 11 is 7.67. The molecule has 13 heteroatoms. The highest BCUT2D eigenvalue weighted by atomic mass is 35.5. The second-order valence-electron chi connectivity index (χ2n) is 13.6. The summed E-state index contributed by atoms with van der Waals surface area (Å²) < 4.78 is 13.6. The maximum atomic E-state index is 13.6. The maximum absolute atomic E-state index is 13.6. The van der Waals surface area contributed by atoms with Crippen molar-refractivity contribution in [3.05, 3.63) is 99.9 Å². The van der Waals surface area contributed by atoms with Gasteiger partial charge in [0.2, 0.25) is 5.96 Å². The van der Waals surface area contributed by atoms with Crippen LogP contribution in [0.25, 0.3) is 0 Å². The molecule has 2 amide bonds. The Morgan fingerprint density at radius 2 is 1.78 bits per heavy atom. The molecule has 1 saturated heterocycles. The molecule has 11 nitrogen and oxygen atoms in total. The number of aromatic nitrogens is 1. The third-order valence-corrected chi connectivity index (χ3v) is 9.32. The molecule has 1 unspecified atom stereocenters. The van der Waals surface area contributed by atoms with Gasteiger partial charge in [-0.1, -0.05) is 56.6 Å². The normalized spacial score (nSPS) is 17.8. The van der Waals surface area contributed by atoms with Gasteiger partial charge in [0, 0.05) is 47.3 Å². The minimum Gasteiger partial charge on any atom is -0.484 e. The molecule has 0 saturated carbocycles. The molecule has 266 valence electrons. The van der Waals surface area contributed by atoms with Crippen LogP contribution in [-0.4, -0.2) is 46.5 Å². The summed E-state index contributed by atoms with van der Waals surface area (Å²) in [5.41, 5.74) is 3.57. The third-order valence-electron chi connectivity index (χ3n) is 8.75. The molecule has 2 aromatic carbocycles. The number of carbonyl (C=O) groups excluding carboxylic acids is 1. The van der Waals surface area contributed by atoms with E-state index >= 15 is 0 Å². The summed E-state index contributed by atoms with van der Waals surface area (Å²) in [5.74, 6) is 1.21. The lowest BCUT2D eigenvalue weighted by Gasteiger charge is -2.33. The number of rotatable bonds is 10. The number of amides is 2. The number of hydrogen-bond donors (Lipinski definition) is 6. The number of ether oxygens (including phenoxy) is 1. The van der Waals surface area contributed by atoms with Gasteiger partial charge in [-0.05, 0) is 91.2 Å². The number of carbonyl (C=O) groups is 1. The van der Waals surface area contributed by atoms with Crippen LogP contribution in [-0.2, 0) is 10.8 Å². The van der Waals surface area contributed by atoms with Crippen molar-refractivity contribution in [1.29, 1.82) is 16.2 Å². The van der Waals surface area contributed by atoms with Crippen LogP contribution in [0.2, 0.25) is 5.02 Å². The third kappa shape index (κ3) is 9.70. The Bertz CT molecular complexity index is 1800. The standard InChI is InChI=1S/C37H47ClN8O3S/c1-37(2,3)32(39)21-34(42-26-19-24(23-48-50-4)18-25(38)20-26)44-36(47)43-30-13-14-31(29-11-7-6-10-28(29)30)49-27-12-15-33(40)46(22-27)35(41)45-16-8-5-9-17-45/h6-7,10-12,15,18-22,30-31,39-42H,5,8-9,13-14,16-17,23H2,1-4H3,(H2,43,44,47)/b34-21+,39-32?,40-33?,41-35?/t30?,31-/m1/s1. The van der Waals surface area contributed by atoms with Crippen LogP contribution in [0, 0.1) is 21.6 Å². The number of anilines is 1. The Morgan fingerprint density at radius 3 is 2.50 bits per heavy atom. The van der Waals surface area contributed by atoms with Gasteiger partial charge in [0.05, 0.1) is 18.8 Å². The number of pyridine rings is 1. The van der Waals surface area contributed by atoms with Crippen LogP contribution in [0.3, 0.4) is 0 Å². The number of nitrogens with zero attached hydrogens (tertiary/aromatic N) is 2. The van der Waals surface area contributed by atoms with Crippen LogP contribution in [0.15, 0.2) is 72.7 Å². The molecule has 1 fully saturated rings. The zero-order valence-corrected chi connectivity index (χ0v) is 30.6. The number of halogens is 1. The number of hydrogen-bond acceptors (Lipinski definition) is 8. The molecule has 3 aromatic rings. The molecule has 2 aliphatic rings. The van der Waals surface area contributed by atoms with E-state index in [4.69, 9.17) is 36.7 Å². The van der Waals surface area contributed by atoms with Gasteiger partial charge >= 0.3 is 6.03 Å². The number of urea groups is 1. The van der Waals surface area contributed by atoms with Crippen LogP contribution in [0.4, 0.5) is 10.5 Å². The minimum absolute atomic E-state index is 0.230. The van der Waals surface area contributed by atoms with Gasteiger partial charge < -0.3 is 29.9 Å². The van der Waals surface area contributed by atoms with Crippen molar-refractivity contribution >= 4 is 47.0 Å². The van der Waals surface area contributed by atoms with Gasteiger partial charge in [-0.3, -0.25) is 20.7 Å². The Labute approximate surface area is 303 Å². The first-order chi connectivity index (χ1) is 23.9. The van der Waals surface area contributed by atoms with E-state index in [9.17, 15) is 4.79 Å². The molecule has 2 heterocycles. The molecule has 1 aromatic heterocycles. The average Bonchev–Trinajstić information content (AvgIpc) is 3.08. The highest BCUT2D eigenvalue weighted by Crippen LogP contribution is 2.38. The molecule has 1 aliphatic carbocycles. The van der Waals surface area contributed by atoms with Crippen molar-refractivity contribution in [2.24, 2.45) is 5.41 Å². The molecule has 0 bridgehead atoms. The van der Waals surface area contributed by atoms with E-state index < -0.39 is 11.4 Å². The zero-order chi connectivity index (χ0) is 35.8. The van der Waals surface area contributed by atoms with E-state index in [-0.39, 0.29) is 17.6 Å². The Kier molecular flexibility index (Phi) is 12.3. The number of likely N-dealkylation sites (tertiary alicyclic amines) is 1. The fourth-order valence-corrected chi connectivity index (χ4v) is 6.55. The van der Waals surface area contributed by atoms with E-state index in [2.05, 4.69) is 16.0 Å². The predicted molar refractivity (Wildman–Crippen MR) is 201 cm³/mol. The molecule has 0 spiro atoms. The van der Waals surface area contributed by atoms with Crippen molar-refractivity contribution in [2.75, 3.05) is 24.7 Å². The number of piperidine rings is 1. The van der Waals surface area contributed by atoms with Gasteiger partial charge in [-0.25, -0.2) is 4.79 Å². The highest BCUT2D eigenvalue weighted by Gasteiger charge is 2.30. The van der Waals surface area contributed by atoms with E-state index in [1.165, 1.54) is 18.5 Å². The quantitative estimate of drug-likeness (QED) is 0.0711. The second kappa shape index (κ2) is 16.6. The maximum Gasteiger partial charge on any atom is 0.320 e. The predicted octanol–water partition coefficient (Wildman–Crippen LogP) is 7.96. The Morgan fingerprint density at radius 1 is 1.04 bits per heavy atom. The topological polar surface area (TPSA) is 151 Å². The number of fused-ring (bicyclic) bond motifs is 1. The van der Waals surface area contributed by atoms with E-state index in [0.717, 1.165) is 42.6 Å². The Balaban J connectivity index is 1.31. The lowest BCUT2D eigenvalue weighted by molar-refractivity contribution is 0.170. The lowest BCUT2D eigenvalue weighted by Crippen LogP contribution is -2.43. The molecule has 0 radical (unpaired) electrons. The van der Waals surface area contributed by atoms with Crippen molar-refractivity contribution in [3.8, 4) is 5.75 Å². The van der Waals surface area contributed by atoms with Gasteiger partial charge in [-0.15, -0.1) is 0 Å². The van der Waals surface area contributed by atoms with Gasteiger partial charge in [0.1, 0.15) is 23.2 Å². The van der Waals surface area contributed by atoms with Crippen LogP contribution >= 0.6 is 23.6 Å². The van der Waals surface area contributed by atoms with Crippen molar-refractivity contribution in [2.45, 2.75) is 71.6 Å². The van der Waals surface area contributed by atoms with Crippen molar-refractivity contribution < 1.29 is 13.7 Å². The summed E-state index contributed by atoms with van der Waals surface area (Å²) in [6, 6.07) is 16.2. The summed E-state index contributed by atoms with van der Waals surface area (Å²) in [4.78, 5) is 15.6. The first-order valence-corrected chi connectivity index (χ1v) is 18.4. The summed E-state index contributed by atoms with van der Waals surface area (Å²) in [7, 11) is 0. The molecule has 6 N–H and O–H groups in total. The summed E-state index contributed by atoms with van der Waals surface area (Å²) in [6.07, 6.45) is 9.47. The number of benzene rings is 2. The minimum atomic E-state index is -0.442. The van der Waals surface area contributed by atoms with Gasteiger partial charge in [-0.2, -0.15) is 0 Å². The summed E-state index contributed by atoms with van der Waals surface area (Å²) in [6.45, 7) is 7.82. The summed E-state index contributed by atoms with van der Waals surface area (Å²) in [5, 5.41) is 35.7. The second-order valence-corrected chi connectivity index (χ2v) is 14.6. The monoisotopic (exact) mass is 718 g/mol. The molecular formula is C37H47ClN8O3S. The largest absolute Gasteiger partial charge is 0.484 e. The van der Waals surface area contributed by atoms with Crippen LogP contribution in [0.5, 0.6) is 5.75 Å². The first-order valence-electron chi connectivity index (χ1n) is 16.9. The van der Waals surface area contributed by atoms with Crippen molar-refractivity contribution in [3.63, 3.8) is 0 Å². The molecule has 5 rings (SSSR count).